The van der Waals surface area contributed by atoms with Gasteiger partial charge in [0, 0.05) is 5.39 Å². The number of hydrogen-bond acceptors (Lipinski definition) is 2. The fourth-order valence-corrected chi connectivity index (χ4v) is 3.06. The van der Waals surface area contributed by atoms with Crippen molar-refractivity contribution in [3.05, 3.63) is 66.0 Å². The Morgan fingerprint density at radius 1 is 1.08 bits per heavy atom. The summed E-state index contributed by atoms with van der Waals surface area (Å²) in [6.07, 6.45) is 7.40. The van der Waals surface area contributed by atoms with E-state index in [-0.39, 0.29) is 0 Å². The average molecular weight is 316 g/mol. The predicted molar refractivity (Wildman–Crippen MR) is 104 cm³/mol. The van der Waals surface area contributed by atoms with Crippen LogP contribution in [0.25, 0.3) is 27.4 Å². The predicted octanol–water partition coefficient (Wildman–Crippen LogP) is 6.28. The summed E-state index contributed by atoms with van der Waals surface area (Å²) < 4.78 is 0. The van der Waals surface area contributed by atoms with Gasteiger partial charge in [-0.25, -0.2) is 9.97 Å². The Kier molecular flexibility index (Phi) is 4.75. The number of rotatable bonds is 4. The van der Waals surface area contributed by atoms with Gasteiger partial charge in [-0.15, -0.1) is 0 Å². The minimum Gasteiger partial charge on any atom is -0.248 e. The van der Waals surface area contributed by atoms with E-state index in [1.807, 2.05) is 6.92 Å². The van der Waals surface area contributed by atoms with Crippen LogP contribution < -0.4 is 0 Å². The number of hydrogen-bond donors (Lipinski definition) is 0. The molecular formula is C22H24N2. The van der Waals surface area contributed by atoms with Gasteiger partial charge in [0.05, 0.1) is 22.4 Å². The lowest BCUT2D eigenvalue weighted by molar-refractivity contribution is 0.816. The van der Waals surface area contributed by atoms with Crippen LogP contribution in [0, 0.1) is 0 Å². The molecule has 0 fully saturated rings. The van der Waals surface area contributed by atoms with Crippen molar-refractivity contribution < 1.29 is 0 Å². The normalized spacial score (nSPS) is 12.8. The lowest BCUT2D eigenvalue weighted by Crippen LogP contribution is -2.04. The van der Waals surface area contributed by atoms with E-state index in [1.54, 1.807) is 0 Å². The van der Waals surface area contributed by atoms with Crippen molar-refractivity contribution in [2.75, 3.05) is 0 Å². The number of allylic oxidation sites excluding steroid dienone is 4. The first kappa shape index (κ1) is 16.4. The monoisotopic (exact) mass is 316 g/mol. The van der Waals surface area contributed by atoms with Gasteiger partial charge in [0.15, 0.2) is 0 Å². The third-order valence-electron chi connectivity index (χ3n) is 4.18. The van der Waals surface area contributed by atoms with Crippen molar-refractivity contribution in [3.63, 3.8) is 0 Å². The number of aromatic nitrogens is 2. The molecule has 0 saturated heterocycles. The topological polar surface area (TPSA) is 25.8 Å². The molecule has 3 rings (SSSR count). The number of benzene rings is 2. The third-order valence-corrected chi connectivity index (χ3v) is 4.18. The van der Waals surface area contributed by atoms with Crippen LogP contribution in [0.15, 0.2) is 54.6 Å². The van der Waals surface area contributed by atoms with Gasteiger partial charge in [0.25, 0.3) is 0 Å². The first-order valence-corrected chi connectivity index (χ1v) is 8.68. The summed E-state index contributed by atoms with van der Waals surface area (Å²) in [5.41, 5.74) is 5.19. The maximum Gasteiger partial charge on any atom is 0.0969 e. The van der Waals surface area contributed by atoms with Crippen molar-refractivity contribution in [3.8, 4) is 0 Å². The Morgan fingerprint density at radius 3 is 2.58 bits per heavy atom. The molecule has 122 valence electrons. The van der Waals surface area contributed by atoms with E-state index in [9.17, 15) is 0 Å². The summed E-state index contributed by atoms with van der Waals surface area (Å²) in [7, 11) is 0. The maximum atomic E-state index is 5.05. The molecule has 0 aliphatic carbocycles. The lowest BCUT2D eigenvalue weighted by Gasteiger charge is -2.14. The molecule has 2 nitrogen and oxygen atoms in total. The van der Waals surface area contributed by atoms with Gasteiger partial charge < -0.3 is 0 Å². The minimum absolute atomic E-state index is 0.321. The van der Waals surface area contributed by atoms with Gasteiger partial charge in [-0.05, 0) is 36.3 Å². The molecular weight excluding hydrogens is 292 g/mol. The molecule has 1 aromatic heterocycles. The second-order valence-corrected chi connectivity index (χ2v) is 6.33. The Bertz CT molecular complexity index is 933. The van der Waals surface area contributed by atoms with Crippen molar-refractivity contribution in [1.82, 2.24) is 9.97 Å². The average Bonchev–Trinajstić information content (AvgIpc) is 2.60. The zero-order valence-electron chi connectivity index (χ0n) is 14.9. The van der Waals surface area contributed by atoms with Gasteiger partial charge in [0.2, 0.25) is 0 Å². The molecule has 0 amide bonds. The zero-order valence-corrected chi connectivity index (χ0v) is 14.9. The lowest BCUT2D eigenvalue weighted by atomic mass is 10.00. The molecule has 0 atom stereocenters. The molecule has 2 heteroatoms. The second kappa shape index (κ2) is 6.96. The van der Waals surface area contributed by atoms with Crippen molar-refractivity contribution >= 4 is 27.4 Å². The quantitative estimate of drug-likeness (QED) is 0.418. The molecule has 24 heavy (non-hydrogen) atoms. The molecule has 0 spiro atoms. The zero-order chi connectivity index (χ0) is 17.1. The fourth-order valence-electron chi connectivity index (χ4n) is 3.06. The molecule has 0 aliphatic heterocycles. The van der Waals surface area contributed by atoms with Gasteiger partial charge in [-0.2, -0.15) is 0 Å². The summed E-state index contributed by atoms with van der Waals surface area (Å²) in [4.78, 5) is 10.1. The van der Waals surface area contributed by atoms with Crippen LogP contribution in [0.3, 0.4) is 0 Å². The van der Waals surface area contributed by atoms with E-state index in [0.717, 1.165) is 34.4 Å². The summed E-state index contributed by atoms with van der Waals surface area (Å²) in [5.74, 6) is 0.321. The number of fused-ring (bicyclic) bond motifs is 3. The fraction of sp³-hybridized carbons (Fsp3) is 0.273. The standard InChI is InChI=1S/C22H24N2/c1-5-9-17(10-6-2)21-20(15(3)4)24-22-18-12-8-7-11-16(18)13-14-19(22)23-21/h5,7-15H,6H2,1-4H3/b9-5-,17-10+. The third kappa shape index (κ3) is 2.96. The van der Waals surface area contributed by atoms with Crippen molar-refractivity contribution in [1.29, 1.82) is 0 Å². The molecule has 1 heterocycles. The molecule has 0 aliphatic rings. The van der Waals surface area contributed by atoms with E-state index in [4.69, 9.17) is 9.97 Å². The van der Waals surface area contributed by atoms with Crippen LogP contribution in [0.5, 0.6) is 0 Å². The molecule has 0 bridgehead atoms. The Labute approximate surface area is 144 Å². The highest BCUT2D eigenvalue weighted by atomic mass is 14.8. The van der Waals surface area contributed by atoms with Gasteiger partial charge in [-0.3, -0.25) is 0 Å². The highest BCUT2D eigenvalue weighted by Crippen LogP contribution is 2.29. The maximum absolute atomic E-state index is 5.05. The summed E-state index contributed by atoms with van der Waals surface area (Å²) in [6.45, 7) is 8.56. The van der Waals surface area contributed by atoms with E-state index in [1.165, 1.54) is 10.8 Å². The minimum atomic E-state index is 0.321. The Morgan fingerprint density at radius 2 is 1.88 bits per heavy atom. The van der Waals surface area contributed by atoms with Crippen molar-refractivity contribution in [2.24, 2.45) is 0 Å². The van der Waals surface area contributed by atoms with Crippen LogP contribution in [0.4, 0.5) is 0 Å². The van der Waals surface area contributed by atoms with E-state index >= 15 is 0 Å². The summed E-state index contributed by atoms with van der Waals surface area (Å²) in [6, 6.07) is 12.6. The van der Waals surface area contributed by atoms with E-state index in [0.29, 0.717) is 5.92 Å². The molecule has 0 N–H and O–H groups in total. The van der Waals surface area contributed by atoms with Crippen LogP contribution in [0.1, 0.15) is 51.4 Å². The highest BCUT2D eigenvalue weighted by molar-refractivity contribution is 6.04. The Hall–Kier alpha value is -2.48. The molecule has 2 aromatic carbocycles. The SMILES string of the molecule is C/C=C\C(=C/CC)c1nc2ccc3ccccc3c2nc1C(C)C. The number of nitrogens with zero attached hydrogens (tertiary/aromatic N) is 2. The van der Waals surface area contributed by atoms with Gasteiger partial charge >= 0.3 is 0 Å². The highest BCUT2D eigenvalue weighted by Gasteiger charge is 2.15. The van der Waals surface area contributed by atoms with Gasteiger partial charge in [0.1, 0.15) is 0 Å². The van der Waals surface area contributed by atoms with E-state index in [2.05, 4.69) is 75.4 Å². The van der Waals surface area contributed by atoms with Crippen LogP contribution in [-0.2, 0) is 0 Å². The van der Waals surface area contributed by atoms with Crippen LogP contribution in [-0.4, -0.2) is 9.97 Å². The van der Waals surface area contributed by atoms with Crippen molar-refractivity contribution in [2.45, 2.75) is 40.0 Å². The molecule has 0 saturated carbocycles. The summed E-state index contributed by atoms with van der Waals surface area (Å²) in [5, 5.41) is 2.38. The largest absolute Gasteiger partial charge is 0.248 e. The molecule has 0 radical (unpaired) electrons. The summed E-state index contributed by atoms with van der Waals surface area (Å²) >= 11 is 0. The molecule has 3 aromatic rings. The van der Waals surface area contributed by atoms with Crippen LogP contribution in [0.2, 0.25) is 0 Å². The first-order valence-electron chi connectivity index (χ1n) is 8.68. The smallest absolute Gasteiger partial charge is 0.0969 e. The Balaban J connectivity index is 2.36. The van der Waals surface area contributed by atoms with E-state index < -0.39 is 0 Å². The second-order valence-electron chi connectivity index (χ2n) is 6.33. The van der Waals surface area contributed by atoms with Gasteiger partial charge in [-0.1, -0.05) is 69.3 Å². The van der Waals surface area contributed by atoms with Crippen LogP contribution >= 0.6 is 0 Å². The molecule has 0 unspecified atom stereocenters. The first-order chi connectivity index (χ1) is 11.7.